The zero-order valence-electron chi connectivity index (χ0n) is 19.4. The van der Waals surface area contributed by atoms with Gasteiger partial charge in [-0.2, -0.15) is 10.2 Å². The van der Waals surface area contributed by atoms with Crippen LogP contribution in [-0.4, -0.2) is 57.3 Å². The average molecular weight is 475 g/mol. The third-order valence-corrected chi connectivity index (χ3v) is 6.08. The summed E-state index contributed by atoms with van der Waals surface area (Å²) in [5.74, 6) is 0.654. The molecule has 2 aromatic heterocycles. The number of rotatable bonds is 8. The van der Waals surface area contributed by atoms with Gasteiger partial charge in [-0.05, 0) is 48.7 Å². The number of halogens is 1. The van der Waals surface area contributed by atoms with Crippen molar-refractivity contribution in [2.75, 3.05) is 31.3 Å². The second-order valence-electron chi connectivity index (χ2n) is 8.51. The fraction of sp³-hybridized carbons (Fsp3) is 0.280. The molecule has 0 aliphatic carbocycles. The highest BCUT2D eigenvalue weighted by Crippen LogP contribution is 2.25. The van der Waals surface area contributed by atoms with Gasteiger partial charge in [0.15, 0.2) is 0 Å². The normalized spacial score (nSPS) is 15.9. The van der Waals surface area contributed by atoms with Crippen molar-refractivity contribution in [3.05, 3.63) is 71.9 Å². The van der Waals surface area contributed by atoms with Crippen LogP contribution in [0.5, 0.6) is 0 Å². The highest BCUT2D eigenvalue weighted by atomic mass is 19.1. The summed E-state index contributed by atoms with van der Waals surface area (Å²) in [6.45, 7) is 1.99. The number of hydrogen-bond acceptors (Lipinski definition) is 8. The van der Waals surface area contributed by atoms with Crippen molar-refractivity contribution < 1.29 is 9.13 Å². The van der Waals surface area contributed by atoms with Crippen LogP contribution >= 0.6 is 0 Å². The number of anilines is 3. The summed E-state index contributed by atoms with van der Waals surface area (Å²) in [5, 5.41) is 15.4. The average Bonchev–Trinajstić information content (AvgIpc) is 3.45. The van der Waals surface area contributed by atoms with Gasteiger partial charge in [-0.3, -0.25) is 9.69 Å². The van der Waals surface area contributed by atoms with E-state index in [1.165, 1.54) is 18.5 Å². The van der Waals surface area contributed by atoms with E-state index in [2.05, 4.69) is 25.5 Å². The van der Waals surface area contributed by atoms with Gasteiger partial charge >= 0.3 is 0 Å². The van der Waals surface area contributed by atoms with Crippen LogP contribution in [0.1, 0.15) is 24.0 Å². The first kappa shape index (κ1) is 22.7. The van der Waals surface area contributed by atoms with Gasteiger partial charge in [0.05, 0.1) is 42.7 Å². The molecule has 2 aromatic carbocycles. The van der Waals surface area contributed by atoms with Crippen molar-refractivity contribution in [2.45, 2.75) is 25.4 Å². The van der Waals surface area contributed by atoms with E-state index in [1.807, 2.05) is 34.0 Å². The number of nitrogens with zero attached hydrogens (tertiary/aromatic N) is 6. The molecule has 10 heteroatoms. The van der Waals surface area contributed by atoms with Gasteiger partial charge in [0.25, 0.3) is 0 Å². The van der Waals surface area contributed by atoms with Gasteiger partial charge < -0.3 is 15.8 Å². The van der Waals surface area contributed by atoms with Crippen molar-refractivity contribution in [3.8, 4) is 0 Å². The molecule has 180 valence electrons. The summed E-state index contributed by atoms with van der Waals surface area (Å²) in [5.41, 5.74) is 9.41. The quantitative estimate of drug-likeness (QED) is 0.374. The predicted molar refractivity (Wildman–Crippen MR) is 134 cm³/mol. The van der Waals surface area contributed by atoms with Crippen molar-refractivity contribution in [1.29, 1.82) is 0 Å². The van der Waals surface area contributed by atoms with E-state index in [1.54, 1.807) is 25.6 Å². The van der Waals surface area contributed by atoms with Gasteiger partial charge in [0.1, 0.15) is 23.8 Å². The summed E-state index contributed by atoms with van der Waals surface area (Å²) in [6, 6.07) is 12.7. The highest BCUT2D eigenvalue weighted by Gasteiger charge is 2.23. The van der Waals surface area contributed by atoms with Crippen molar-refractivity contribution in [2.24, 2.45) is 5.10 Å². The summed E-state index contributed by atoms with van der Waals surface area (Å²) in [6.07, 6.45) is 7.04. The summed E-state index contributed by atoms with van der Waals surface area (Å²) >= 11 is 0. The minimum Gasteiger partial charge on any atom is -0.383 e. The van der Waals surface area contributed by atoms with Gasteiger partial charge in [-0.1, -0.05) is 12.1 Å². The Bertz CT molecular complexity index is 1350. The largest absolute Gasteiger partial charge is 0.383 e. The molecular weight excluding hydrogens is 447 g/mol. The third kappa shape index (κ3) is 5.07. The first-order chi connectivity index (χ1) is 17.1. The van der Waals surface area contributed by atoms with E-state index >= 15 is 0 Å². The first-order valence-corrected chi connectivity index (χ1v) is 11.5. The van der Waals surface area contributed by atoms with E-state index in [0.29, 0.717) is 30.4 Å². The summed E-state index contributed by atoms with van der Waals surface area (Å²) < 4.78 is 20.7. The van der Waals surface area contributed by atoms with Crippen molar-refractivity contribution >= 4 is 34.4 Å². The lowest BCUT2D eigenvalue weighted by molar-refractivity contribution is 0.118. The Hall–Kier alpha value is -4.05. The minimum absolute atomic E-state index is 0.254. The summed E-state index contributed by atoms with van der Waals surface area (Å²) in [4.78, 5) is 8.53. The molecule has 0 radical (unpaired) electrons. The number of hydrazone groups is 1. The molecule has 1 aliphatic rings. The van der Waals surface area contributed by atoms with Crippen LogP contribution in [0, 0.1) is 5.82 Å². The van der Waals surface area contributed by atoms with Crippen LogP contribution in [0.4, 0.5) is 21.7 Å². The van der Waals surface area contributed by atoms with Gasteiger partial charge in [0, 0.05) is 24.7 Å². The fourth-order valence-corrected chi connectivity index (χ4v) is 4.34. The molecule has 1 fully saturated rings. The van der Waals surface area contributed by atoms with Crippen LogP contribution < -0.4 is 11.1 Å². The minimum atomic E-state index is -0.257. The maximum absolute atomic E-state index is 13.6. The van der Waals surface area contributed by atoms with Gasteiger partial charge in [-0.15, -0.1) is 0 Å². The number of ether oxygens (including phenoxy) is 1. The number of nitrogen functional groups attached to an aromatic ring is 1. The highest BCUT2D eigenvalue weighted by molar-refractivity contribution is 5.93. The monoisotopic (exact) mass is 474 g/mol. The molecule has 5 rings (SSSR count). The lowest BCUT2D eigenvalue weighted by Crippen LogP contribution is -2.28. The van der Waals surface area contributed by atoms with Crippen LogP contribution in [0.3, 0.4) is 0 Å². The molecule has 0 bridgehead atoms. The molecule has 3 heterocycles. The molecule has 1 aliphatic heterocycles. The number of hydrogen-bond donors (Lipinski definition) is 2. The van der Waals surface area contributed by atoms with Crippen molar-refractivity contribution in [3.63, 3.8) is 0 Å². The number of fused-ring (bicyclic) bond motifs is 1. The number of benzene rings is 2. The van der Waals surface area contributed by atoms with Crippen LogP contribution in [0.25, 0.3) is 10.9 Å². The molecule has 3 N–H and O–H groups in total. The molecule has 4 aromatic rings. The lowest BCUT2D eigenvalue weighted by atomic mass is 10.2. The molecular formula is C25H27FN8O. The molecule has 0 spiro atoms. The molecule has 1 saturated heterocycles. The smallest absolute Gasteiger partial charge is 0.144 e. The Morgan fingerprint density at radius 1 is 1.26 bits per heavy atom. The standard InChI is InChI=1S/C25H27FN8O/c1-35-15-21-6-3-9-33(21)31-13-22-24(27)28-16-29-25(22)32-20-7-8-23-18(11-20)12-30-34(23)14-17-4-2-5-19(26)10-17/h2,4-5,7-8,10-13,16,21H,3,6,9,14-15H2,1H3,(H3,27,28,29,32)/b31-13+/t21-/m1/s1. The SMILES string of the molecule is COC[C@H]1CCCN1/N=C/c1c(N)ncnc1Nc1ccc2c(cnn2Cc2cccc(F)c2)c1. The Kier molecular flexibility index (Phi) is 6.53. The third-order valence-electron chi connectivity index (χ3n) is 6.08. The topological polar surface area (TPSA) is 106 Å². The van der Waals surface area contributed by atoms with E-state index in [4.69, 9.17) is 10.5 Å². The maximum atomic E-state index is 13.6. The maximum Gasteiger partial charge on any atom is 0.144 e. The molecule has 35 heavy (non-hydrogen) atoms. The van der Waals surface area contributed by atoms with Gasteiger partial charge in [0.2, 0.25) is 0 Å². The zero-order chi connectivity index (χ0) is 24.2. The lowest BCUT2D eigenvalue weighted by Gasteiger charge is -2.20. The molecule has 1 atom stereocenters. The zero-order valence-corrected chi connectivity index (χ0v) is 19.4. The van der Waals surface area contributed by atoms with E-state index in [-0.39, 0.29) is 11.9 Å². The second kappa shape index (κ2) is 10.1. The second-order valence-corrected chi connectivity index (χ2v) is 8.51. The van der Waals surface area contributed by atoms with Crippen LogP contribution in [0.15, 0.2) is 60.1 Å². The Labute approximate surface area is 202 Å². The summed E-state index contributed by atoms with van der Waals surface area (Å²) in [7, 11) is 1.70. The number of nitrogens with two attached hydrogens (primary N) is 1. The molecule has 0 amide bonds. The van der Waals surface area contributed by atoms with Crippen LogP contribution in [0.2, 0.25) is 0 Å². The van der Waals surface area contributed by atoms with Crippen LogP contribution in [-0.2, 0) is 11.3 Å². The predicted octanol–water partition coefficient (Wildman–Crippen LogP) is 3.78. The molecule has 9 nitrogen and oxygen atoms in total. The Balaban J connectivity index is 1.36. The Morgan fingerprint density at radius 2 is 2.17 bits per heavy atom. The molecule has 0 saturated carbocycles. The van der Waals surface area contributed by atoms with Crippen molar-refractivity contribution in [1.82, 2.24) is 24.8 Å². The van der Waals surface area contributed by atoms with E-state index < -0.39 is 0 Å². The number of methoxy groups -OCH3 is 1. The number of nitrogens with one attached hydrogen (secondary N) is 1. The van der Waals surface area contributed by atoms with Gasteiger partial charge in [-0.25, -0.2) is 14.4 Å². The first-order valence-electron chi connectivity index (χ1n) is 11.5. The Morgan fingerprint density at radius 3 is 3.03 bits per heavy atom. The van der Waals surface area contributed by atoms with E-state index in [9.17, 15) is 4.39 Å². The number of aromatic nitrogens is 4. The van der Waals surface area contributed by atoms with E-state index in [0.717, 1.165) is 41.5 Å². The molecule has 0 unspecified atom stereocenters. The fourth-order valence-electron chi connectivity index (χ4n) is 4.34.